The van der Waals surface area contributed by atoms with Crippen LogP contribution in [0, 0.1) is 0 Å². The number of aryl methyl sites for hydroxylation is 1. The Balaban J connectivity index is 2.22. The smallest absolute Gasteiger partial charge is 0.328 e. The van der Waals surface area contributed by atoms with Crippen LogP contribution in [0.3, 0.4) is 0 Å². The number of hydrogen-bond acceptors (Lipinski definition) is 2. The largest absolute Gasteiger partial charge is 0.343 e. The van der Waals surface area contributed by atoms with E-state index in [1.54, 1.807) is 11.9 Å². The van der Waals surface area contributed by atoms with Gasteiger partial charge in [-0.25, -0.2) is 4.79 Å². The molecule has 0 unspecified atom stereocenters. The van der Waals surface area contributed by atoms with Gasteiger partial charge in [0.25, 0.3) is 0 Å². The third-order valence-electron chi connectivity index (χ3n) is 4.12. The summed E-state index contributed by atoms with van der Waals surface area (Å²) in [5.74, 6) is 0.635. The van der Waals surface area contributed by atoms with Gasteiger partial charge < -0.3 is 4.90 Å². The summed E-state index contributed by atoms with van der Waals surface area (Å²) in [6.07, 6.45) is 3.09. The van der Waals surface area contributed by atoms with Crippen LogP contribution in [0.4, 0.5) is 10.5 Å². The van der Waals surface area contributed by atoms with Crippen molar-refractivity contribution in [3.05, 3.63) is 28.8 Å². The zero-order valence-corrected chi connectivity index (χ0v) is 14.9. The number of halogens is 1. The van der Waals surface area contributed by atoms with E-state index in [1.807, 2.05) is 25.1 Å². The minimum absolute atomic E-state index is 0.192. The molecule has 23 heavy (non-hydrogen) atoms. The quantitative estimate of drug-likeness (QED) is 0.678. The average Bonchev–Trinajstić information content (AvgIpc) is 3.08. The first kappa shape index (κ1) is 17.6. The molecule has 2 amide bonds. The predicted octanol–water partition coefficient (Wildman–Crippen LogP) is 3.52. The molecule has 1 aliphatic rings. The first-order valence-electron chi connectivity index (χ1n) is 8.20. The first-order chi connectivity index (χ1) is 11.1. The molecule has 126 valence electrons. The number of amides is 2. The van der Waals surface area contributed by atoms with Crippen LogP contribution in [0.25, 0.3) is 0 Å². The van der Waals surface area contributed by atoms with Crippen LogP contribution in [-0.4, -0.2) is 43.6 Å². The number of likely N-dealkylation sites (tertiary alicyclic amines) is 1. The molecule has 0 aromatic heterocycles. The summed E-state index contributed by atoms with van der Waals surface area (Å²) in [5.41, 5.74) is 1.85. The SMILES string of the molecule is CCc1cccc(Cl)c1N(CC)C(=O)NC(=NC)N1CCCC1. The highest BCUT2D eigenvalue weighted by Crippen LogP contribution is 2.30. The van der Waals surface area contributed by atoms with E-state index in [9.17, 15) is 4.79 Å². The number of benzene rings is 1. The maximum absolute atomic E-state index is 12.8. The number of guanidine groups is 1. The zero-order valence-electron chi connectivity index (χ0n) is 14.1. The third-order valence-corrected chi connectivity index (χ3v) is 4.42. The average molecular weight is 337 g/mol. The highest BCUT2D eigenvalue weighted by Gasteiger charge is 2.23. The van der Waals surface area contributed by atoms with Crippen molar-refractivity contribution < 1.29 is 4.79 Å². The summed E-state index contributed by atoms with van der Waals surface area (Å²) in [7, 11) is 1.71. The second-order valence-electron chi connectivity index (χ2n) is 5.52. The van der Waals surface area contributed by atoms with Crippen molar-refractivity contribution in [2.45, 2.75) is 33.1 Å². The van der Waals surface area contributed by atoms with Crippen molar-refractivity contribution in [1.82, 2.24) is 10.2 Å². The molecule has 0 radical (unpaired) electrons. The number of rotatable bonds is 3. The van der Waals surface area contributed by atoms with Gasteiger partial charge in [-0.15, -0.1) is 0 Å². The number of anilines is 1. The lowest BCUT2D eigenvalue weighted by molar-refractivity contribution is 0.249. The molecule has 5 nitrogen and oxygen atoms in total. The number of hydrogen-bond donors (Lipinski definition) is 1. The molecule has 0 spiro atoms. The van der Waals surface area contributed by atoms with E-state index in [4.69, 9.17) is 11.6 Å². The molecule has 0 bridgehead atoms. The standard InChI is InChI=1S/C17H25ClN4O/c1-4-13-9-8-10-14(18)15(13)22(5-2)17(23)20-16(19-3)21-11-6-7-12-21/h8-10H,4-7,11-12H2,1-3H3,(H,19,20,23). The van der Waals surface area contributed by atoms with Crippen molar-refractivity contribution in [1.29, 1.82) is 0 Å². The maximum Gasteiger partial charge on any atom is 0.328 e. The highest BCUT2D eigenvalue weighted by atomic mass is 35.5. The van der Waals surface area contributed by atoms with Gasteiger partial charge in [-0.2, -0.15) is 0 Å². The Morgan fingerprint density at radius 1 is 1.35 bits per heavy atom. The van der Waals surface area contributed by atoms with Crippen molar-refractivity contribution in [3.63, 3.8) is 0 Å². The van der Waals surface area contributed by atoms with Gasteiger partial charge in [-0.05, 0) is 37.8 Å². The Morgan fingerprint density at radius 2 is 2.04 bits per heavy atom. The lowest BCUT2D eigenvalue weighted by Gasteiger charge is -2.27. The fraction of sp³-hybridized carbons (Fsp3) is 0.529. The molecule has 0 saturated carbocycles. The summed E-state index contributed by atoms with van der Waals surface area (Å²) in [4.78, 5) is 20.8. The monoisotopic (exact) mass is 336 g/mol. The molecule has 1 fully saturated rings. The molecule has 6 heteroatoms. The van der Waals surface area contributed by atoms with Crippen LogP contribution < -0.4 is 10.2 Å². The lowest BCUT2D eigenvalue weighted by atomic mass is 10.1. The Bertz CT molecular complexity index is 582. The maximum atomic E-state index is 12.8. The van der Waals surface area contributed by atoms with Crippen molar-refractivity contribution >= 4 is 29.3 Å². The van der Waals surface area contributed by atoms with E-state index >= 15 is 0 Å². The van der Waals surface area contributed by atoms with Crippen LogP contribution in [0.15, 0.2) is 23.2 Å². The Labute approximate surface area is 143 Å². The highest BCUT2D eigenvalue weighted by molar-refractivity contribution is 6.34. The van der Waals surface area contributed by atoms with Crippen molar-refractivity contribution in [3.8, 4) is 0 Å². The fourth-order valence-electron chi connectivity index (χ4n) is 2.92. The molecule has 1 saturated heterocycles. The molecule has 1 N–H and O–H groups in total. The summed E-state index contributed by atoms with van der Waals surface area (Å²) in [6.45, 7) is 6.42. The minimum Gasteiger partial charge on any atom is -0.343 e. The van der Waals surface area contributed by atoms with Gasteiger partial charge in [0.15, 0.2) is 0 Å². The Kier molecular flexibility index (Phi) is 6.28. The first-order valence-corrected chi connectivity index (χ1v) is 8.57. The van der Waals surface area contributed by atoms with Gasteiger partial charge in [-0.3, -0.25) is 15.2 Å². The van der Waals surface area contributed by atoms with Crippen LogP contribution in [0.2, 0.25) is 5.02 Å². The topological polar surface area (TPSA) is 47.9 Å². The fourth-order valence-corrected chi connectivity index (χ4v) is 3.22. The number of nitrogens with zero attached hydrogens (tertiary/aromatic N) is 3. The molecule has 1 aromatic carbocycles. The van der Waals surface area contributed by atoms with Crippen molar-refractivity contribution in [2.75, 3.05) is 31.6 Å². The van der Waals surface area contributed by atoms with Gasteiger partial charge in [0.2, 0.25) is 5.96 Å². The number of carbonyl (C=O) groups excluding carboxylic acids is 1. The minimum atomic E-state index is -0.192. The van der Waals surface area contributed by atoms with Crippen LogP contribution in [-0.2, 0) is 6.42 Å². The molecule has 2 rings (SSSR count). The second kappa shape index (κ2) is 8.20. The number of nitrogens with one attached hydrogen (secondary N) is 1. The summed E-state index contributed by atoms with van der Waals surface area (Å²) >= 11 is 6.36. The van der Waals surface area contributed by atoms with E-state index < -0.39 is 0 Å². The molecule has 1 aliphatic heterocycles. The predicted molar refractivity (Wildman–Crippen MR) is 96.5 cm³/mol. The molecule has 0 aliphatic carbocycles. The van der Waals surface area contributed by atoms with Gasteiger partial charge >= 0.3 is 6.03 Å². The van der Waals surface area contributed by atoms with E-state index in [-0.39, 0.29) is 6.03 Å². The van der Waals surface area contributed by atoms with Gasteiger partial charge in [0, 0.05) is 26.7 Å². The molecular formula is C17H25ClN4O. The molecule has 1 aromatic rings. The Morgan fingerprint density at radius 3 is 2.61 bits per heavy atom. The van der Waals surface area contributed by atoms with Crippen LogP contribution in [0.5, 0.6) is 0 Å². The van der Waals surface area contributed by atoms with E-state index in [2.05, 4.69) is 22.1 Å². The zero-order chi connectivity index (χ0) is 16.8. The van der Waals surface area contributed by atoms with Crippen LogP contribution in [0.1, 0.15) is 32.3 Å². The number of para-hydroxylation sites is 1. The lowest BCUT2D eigenvalue weighted by Crippen LogP contribution is -2.49. The summed E-state index contributed by atoms with van der Waals surface area (Å²) in [5, 5.41) is 3.54. The number of carbonyl (C=O) groups is 1. The summed E-state index contributed by atoms with van der Waals surface area (Å²) in [6, 6.07) is 5.55. The van der Waals surface area contributed by atoms with Gasteiger partial charge in [0.1, 0.15) is 0 Å². The number of urea groups is 1. The second-order valence-corrected chi connectivity index (χ2v) is 5.92. The van der Waals surface area contributed by atoms with Crippen LogP contribution >= 0.6 is 11.6 Å². The van der Waals surface area contributed by atoms with E-state index in [0.29, 0.717) is 17.5 Å². The Hall–Kier alpha value is -1.75. The van der Waals surface area contributed by atoms with E-state index in [0.717, 1.165) is 43.6 Å². The molecular weight excluding hydrogens is 312 g/mol. The summed E-state index contributed by atoms with van der Waals surface area (Å²) < 4.78 is 0. The van der Waals surface area contributed by atoms with Gasteiger partial charge in [-0.1, -0.05) is 30.7 Å². The number of aliphatic imine (C=N–C) groups is 1. The third kappa shape index (κ3) is 3.96. The normalized spacial score (nSPS) is 15.0. The molecule has 1 heterocycles. The van der Waals surface area contributed by atoms with Crippen molar-refractivity contribution in [2.24, 2.45) is 4.99 Å². The van der Waals surface area contributed by atoms with E-state index in [1.165, 1.54) is 0 Å². The van der Waals surface area contributed by atoms with Gasteiger partial charge in [0.05, 0.1) is 10.7 Å². The molecule has 0 atom stereocenters.